The van der Waals surface area contributed by atoms with Crippen LogP contribution in [0.2, 0.25) is 0 Å². The molecule has 0 saturated heterocycles. The van der Waals surface area contributed by atoms with Crippen molar-refractivity contribution in [1.82, 2.24) is 15.0 Å². The van der Waals surface area contributed by atoms with Crippen molar-refractivity contribution in [3.8, 4) is 11.5 Å². The van der Waals surface area contributed by atoms with E-state index in [0.29, 0.717) is 17.9 Å². The van der Waals surface area contributed by atoms with Crippen LogP contribution in [0.5, 0.6) is 0 Å². The molecule has 5 heteroatoms. The quantitative estimate of drug-likeness (QED) is 0.593. The summed E-state index contributed by atoms with van der Waals surface area (Å²) in [5.41, 5.74) is 3.74. The zero-order valence-electron chi connectivity index (χ0n) is 14.7. The fourth-order valence-electron chi connectivity index (χ4n) is 3.00. The Labute approximate surface area is 152 Å². The number of thiophene rings is 1. The van der Waals surface area contributed by atoms with Crippen molar-refractivity contribution < 1.29 is 4.52 Å². The van der Waals surface area contributed by atoms with Gasteiger partial charge >= 0.3 is 0 Å². The minimum absolute atomic E-state index is 0.573. The molecule has 4 nitrogen and oxygen atoms in total. The maximum atomic E-state index is 5.42. The first kappa shape index (κ1) is 16.5. The van der Waals surface area contributed by atoms with Gasteiger partial charge < -0.3 is 4.52 Å². The van der Waals surface area contributed by atoms with Gasteiger partial charge in [-0.25, -0.2) is 0 Å². The van der Waals surface area contributed by atoms with Crippen molar-refractivity contribution in [3.63, 3.8) is 0 Å². The Morgan fingerprint density at radius 1 is 1.16 bits per heavy atom. The van der Waals surface area contributed by atoms with Gasteiger partial charge in [0.05, 0.1) is 12.1 Å². The highest BCUT2D eigenvalue weighted by atomic mass is 32.1. The first-order valence-electron chi connectivity index (χ1n) is 8.87. The van der Waals surface area contributed by atoms with Crippen LogP contribution in [0.3, 0.4) is 0 Å². The van der Waals surface area contributed by atoms with Gasteiger partial charge in [0.15, 0.2) is 5.82 Å². The lowest BCUT2D eigenvalue weighted by Gasteiger charge is -2.20. The van der Waals surface area contributed by atoms with Crippen LogP contribution in [0, 0.1) is 0 Å². The molecular weight excluding hydrogens is 330 g/mol. The number of rotatable bonds is 7. The predicted molar refractivity (Wildman–Crippen MR) is 100 cm³/mol. The third kappa shape index (κ3) is 3.99. The molecule has 0 spiro atoms. The van der Waals surface area contributed by atoms with Gasteiger partial charge in [-0.3, -0.25) is 4.90 Å². The second kappa shape index (κ2) is 7.10. The van der Waals surface area contributed by atoms with Gasteiger partial charge in [0.1, 0.15) is 0 Å². The van der Waals surface area contributed by atoms with E-state index in [-0.39, 0.29) is 0 Å². The van der Waals surface area contributed by atoms with E-state index in [9.17, 15) is 0 Å². The molecule has 25 heavy (non-hydrogen) atoms. The normalized spacial score (nSPS) is 14.6. The van der Waals surface area contributed by atoms with E-state index in [1.165, 1.54) is 24.0 Å². The average Bonchev–Trinajstić information content (AvgIpc) is 3.11. The standard InChI is InChI=1S/C20H23N3OS/c1-14(2)16-5-3-15(4-6-16)11-23(18-7-8-18)12-19-21-20(24-22-19)17-9-10-25-13-17/h3-6,9-10,13-14,18H,7-8,11-12H2,1-2H3. The first-order chi connectivity index (χ1) is 12.2. The Kier molecular flexibility index (Phi) is 4.68. The lowest BCUT2D eigenvalue weighted by Crippen LogP contribution is -2.25. The molecule has 2 heterocycles. The van der Waals surface area contributed by atoms with Gasteiger partial charge in [-0.2, -0.15) is 16.3 Å². The number of hydrogen-bond donors (Lipinski definition) is 0. The van der Waals surface area contributed by atoms with E-state index in [4.69, 9.17) is 4.52 Å². The number of aromatic nitrogens is 2. The predicted octanol–water partition coefficient (Wildman–Crippen LogP) is 5.09. The highest BCUT2D eigenvalue weighted by molar-refractivity contribution is 7.08. The van der Waals surface area contributed by atoms with Crippen molar-refractivity contribution in [2.45, 2.75) is 51.7 Å². The van der Waals surface area contributed by atoms with Crippen LogP contribution < -0.4 is 0 Å². The van der Waals surface area contributed by atoms with Crippen LogP contribution in [0.25, 0.3) is 11.5 Å². The number of hydrogen-bond acceptors (Lipinski definition) is 5. The average molecular weight is 353 g/mol. The summed E-state index contributed by atoms with van der Waals surface area (Å²) in [6.07, 6.45) is 2.53. The molecule has 0 bridgehead atoms. The minimum Gasteiger partial charge on any atom is -0.334 e. The molecule has 0 atom stereocenters. The van der Waals surface area contributed by atoms with Crippen LogP contribution in [0.1, 0.15) is 49.6 Å². The van der Waals surface area contributed by atoms with E-state index in [1.54, 1.807) is 11.3 Å². The maximum absolute atomic E-state index is 5.42. The van der Waals surface area contributed by atoms with Gasteiger partial charge in [0, 0.05) is 18.0 Å². The second-order valence-electron chi connectivity index (χ2n) is 7.06. The third-order valence-corrected chi connectivity index (χ3v) is 5.36. The lowest BCUT2D eigenvalue weighted by molar-refractivity contribution is 0.235. The van der Waals surface area contributed by atoms with E-state index in [0.717, 1.165) is 24.5 Å². The fraction of sp³-hybridized carbons (Fsp3) is 0.400. The van der Waals surface area contributed by atoms with Crippen LogP contribution in [-0.4, -0.2) is 21.1 Å². The summed E-state index contributed by atoms with van der Waals surface area (Å²) in [4.78, 5) is 7.03. The zero-order chi connectivity index (χ0) is 17.2. The van der Waals surface area contributed by atoms with Gasteiger partial charge in [0.2, 0.25) is 0 Å². The Balaban J connectivity index is 1.45. The van der Waals surface area contributed by atoms with E-state index in [2.05, 4.69) is 53.2 Å². The van der Waals surface area contributed by atoms with Crippen LogP contribution in [0.15, 0.2) is 45.6 Å². The molecule has 0 aliphatic heterocycles. The van der Waals surface area contributed by atoms with Crippen molar-refractivity contribution in [1.29, 1.82) is 0 Å². The Bertz CT molecular complexity index is 804. The van der Waals surface area contributed by atoms with Gasteiger partial charge in [-0.1, -0.05) is 43.3 Å². The summed E-state index contributed by atoms with van der Waals surface area (Å²) in [7, 11) is 0. The van der Waals surface area contributed by atoms with E-state index in [1.807, 2.05) is 16.8 Å². The Morgan fingerprint density at radius 3 is 2.60 bits per heavy atom. The molecule has 0 radical (unpaired) electrons. The lowest BCUT2D eigenvalue weighted by atomic mass is 10.0. The molecule has 1 fully saturated rings. The molecule has 1 aliphatic rings. The number of nitrogens with zero attached hydrogens (tertiary/aromatic N) is 3. The minimum atomic E-state index is 0.573. The molecule has 2 aromatic heterocycles. The molecule has 1 aromatic carbocycles. The largest absolute Gasteiger partial charge is 0.334 e. The number of benzene rings is 1. The SMILES string of the molecule is CC(C)c1ccc(CN(Cc2noc(-c3ccsc3)n2)C2CC2)cc1. The fourth-order valence-corrected chi connectivity index (χ4v) is 3.63. The van der Waals surface area contributed by atoms with E-state index < -0.39 is 0 Å². The maximum Gasteiger partial charge on any atom is 0.258 e. The first-order valence-corrected chi connectivity index (χ1v) is 9.81. The molecule has 130 valence electrons. The van der Waals surface area contributed by atoms with Gasteiger partial charge in [0.25, 0.3) is 5.89 Å². The summed E-state index contributed by atoms with van der Waals surface area (Å²) in [6.45, 7) is 6.13. The molecule has 1 saturated carbocycles. The van der Waals surface area contributed by atoms with Crippen LogP contribution in [0.4, 0.5) is 0 Å². The van der Waals surface area contributed by atoms with Crippen LogP contribution >= 0.6 is 11.3 Å². The second-order valence-corrected chi connectivity index (χ2v) is 7.84. The van der Waals surface area contributed by atoms with Crippen LogP contribution in [-0.2, 0) is 13.1 Å². The zero-order valence-corrected chi connectivity index (χ0v) is 15.5. The van der Waals surface area contributed by atoms with Crippen molar-refractivity contribution in [2.75, 3.05) is 0 Å². The molecule has 4 rings (SSSR count). The molecular formula is C20H23N3OS. The smallest absolute Gasteiger partial charge is 0.258 e. The highest BCUT2D eigenvalue weighted by Crippen LogP contribution is 2.30. The Hall–Kier alpha value is -1.98. The van der Waals surface area contributed by atoms with Gasteiger partial charge in [-0.15, -0.1) is 0 Å². The summed E-state index contributed by atoms with van der Waals surface area (Å²) in [6, 6.07) is 11.6. The van der Waals surface area contributed by atoms with Crippen molar-refractivity contribution in [2.24, 2.45) is 0 Å². The topological polar surface area (TPSA) is 42.2 Å². The van der Waals surface area contributed by atoms with Gasteiger partial charge in [-0.05, 0) is 41.3 Å². The molecule has 0 unspecified atom stereocenters. The molecule has 3 aromatic rings. The summed E-state index contributed by atoms with van der Waals surface area (Å²) >= 11 is 1.64. The Morgan fingerprint density at radius 2 is 1.96 bits per heavy atom. The summed E-state index contributed by atoms with van der Waals surface area (Å²) in [5.74, 6) is 1.96. The monoisotopic (exact) mass is 353 g/mol. The van der Waals surface area contributed by atoms with Crippen molar-refractivity contribution >= 4 is 11.3 Å². The highest BCUT2D eigenvalue weighted by Gasteiger charge is 2.30. The van der Waals surface area contributed by atoms with Crippen molar-refractivity contribution in [3.05, 3.63) is 58.0 Å². The molecule has 0 amide bonds. The summed E-state index contributed by atoms with van der Waals surface area (Å²) < 4.78 is 5.42. The van der Waals surface area contributed by atoms with E-state index >= 15 is 0 Å². The molecule has 1 aliphatic carbocycles. The third-order valence-electron chi connectivity index (χ3n) is 4.68. The molecule has 0 N–H and O–H groups in total. The summed E-state index contributed by atoms with van der Waals surface area (Å²) in [5, 5.41) is 8.24.